The highest BCUT2D eigenvalue weighted by Crippen LogP contribution is 2.43. The summed E-state index contributed by atoms with van der Waals surface area (Å²) in [6.45, 7) is 5.74. The van der Waals surface area contributed by atoms with Gasteiger partial charge in [0.15, 0.2) is 11.5 Å². The van der Waals surface area contributed by atoms with Gasteiger partial charge in [0.05, 0.1) is 21.3 Å². The topological polar surface area (TPSA) is 43.0 Å². The first-order valence-corrected chi connectivity index (χ1v) is 9.00. The van der Waals surface area contributed by atoms with Gasteiger partial charge in [0.2, 0.25) is 5.75 Å². The standard InChI is InChI=1S/C19H30N2O3/c1-22-17-12-15-6-10-21(13-14-4-8-20-9-5-14)11-7-16(15)18(23-2)19(17)24-3/h12,14,20H,4-11,13H2,1-3H3. The van der Waals surface area contributed by atoms with Crippen molar-refractivity contribution in [1.29, 1.82) is 0 Å². The van der Waals surface area contributed by atoms with Gasteiger partial charge < -0.3 is 24.4 Å². The molecule has 1 saturated heterocycles. The molecular weight excluding hydrogens is 304 g/mol. The van der Waals surface area contributed by atoms with Gasteiger partial charge in [-0.15, -0.1) is 0 Å². The molecular formula is C19H30N2O3. The molecule has 1 aromatic rings. The van der Waals surface area contributed by atoms with Crippen molar-refractivity contribution in [3.05, 3.63) is 17.2 Å². The second-order valence-electron chi connectivity index (χ2n) is 6.78. The molecule has 0 aliphatic carbocycles. The number of benzene rings is 1. The molecule has 5 heteroatoms. The summed E-state index contributed by atoms with van der Waals surface area (Å²) in [4.78, 5) is 2.62. The van der Waals surface area contributed by atoms with Crippen LogP contribution < -0.4 is 19.5 Å². The van der Waals surface area contributed by atoms with Crippen molar-refractivity contribution in [3.8, 4) is 17.2 Å². The number of hydrogen-bond acceptors (Lipinski definition) is 5. The first kappa shape index (κ1) is 17.4. The van der Waals surface area contributed by atoms with E-state index < -0.39 is 0 Å². The minimum atomic E-state index is 0.713. The summed E-state index contributed by atoms with van der Waals surface area (Å²) < 4.78 is 16.7. The third-order valence-corrected chi connectivity index (χ3v) is 5.38. The second-order valence-corrected chi connectivity index (χ2v) is 6.78. The lowest BCUT2D eigenvalue weighted by atomic mass is 9.97. The molecule has 0 spiro atoms. The Morgan fingerprint density at radius 1 is 1.00 bits per heavy atom. The number of fused-ring (bicyclic) bond motifs is 1. The number of ether oxygens (including phenoxy) is 3. The van der Waals surface area contributed by atoms with Crippen LogP contribution in [0.4, 0.5) is 0 Å². The van der Waals surface area contributed by atoms with E-state index in [4.69, 9.17) is 14.2 Å². The average Bonchev–Trinajstić information content (AvgIpc) is 2.83. The van der Waals surface area contributed by atoms with Gasteiger partial charge in [-0.05, 0) is 56.3 Å². The number of methoxy groups -OCH3 is 3. The van der Waals surface area contributed by atoms with E-state index in [-0.39, 0.29) is 0 Å². The summed E-state index contributed by atoms with van der Waals surface area (Å²) in [6, 6.07) is 2.13. The van der Waals surface area contributed by atoms with E-state index in [0.29, 0.717) is 5.75 Å². The Morgan fingerprint density at radius 2 is 1.71 bits per heavy atom. The van der Waals surface area contributed by atoms with Crippen LogP contribution in [-0.4, -0.2) is 59.0 Å². The molecule has 5 nitrogen and oxygen atoms in total. The number of piperidine rings is 1. The molecule has 2 heterocycles. The van der Waals surface area contributed by atoms with Crippen molar-refractivity contribution >= 4 is 0 Å². The molecule has 0 aromatic heterocycles. The van der Waals surface area contributed by atoms with Gasteiger partial charge in [0.25, 0.3) is 0 Å². The van der Waals surface area contributed by atoms with E-state index in [1.807, 2.05) is 0 Å². The maximum absolute atomic E-state index is 5.69. The van der Waals surface area contributed by atoms with Crippen molar-refractivity contribution in [2.75, 3.05) is 54.1 Å². The number of nitrogens with zero attached hydrogens (tertiary/aromatic N) is 1. The number of rotatable bonds is 5. The van der Waals surface area contributed by atoms with Crippen LogP contribution >= 0.6 is 0 Å². The van der Waals surface area contributed by atoms with E-state index >= 15 is 0 Å². The SMILES string of the molecule is COc1cc2c(c(OC)c1OC)CCN(CC1CCNCC1)CC2. The first-order chi connectivity index (χ1) is 11.8. The molecule has 1 N–H and O–H groups in total. The minimum Gasteiger partial charge on any atom is -0.493 e. The molecule has 0 saturated carbocycles. The van der Waals surface area contributed by atoms with Gasteiger partial charge in [0, 0.05) is 25.2 Å². The lowest BCUT2D eigenvalue weighted by Gasteiger charge is -2.29. The van der Waals surface area contributed by atoms with Crippen molar-refractivity contribution in [2.45, 2.75) is 25.7 Å². The highest BCUT2D eigenvalue weighted by atomic mass is 16.5. The third-order valence-electron chi connectivity index (χ3n) is 5.38. The van der Waals surface area contributed by atoms with Crippen molar-refractivity contribution in [2.24, 2.45) is 5.92 Å². The molecule has 0 bridgehead atoms. The zero-order chi connectivity index (χ0) is 16.9. The van der Waals surface area contributed by atoms with Gasteiger partial charge in [0.1, 0.15) is 0 Å². The van der Waals surface area contributed by atoms with E-state index in [0.717, 1.165) is 43.3 Å². The zero-order valence-electron chi connectivity index (χ0n) is 15.2. The fourth-order valence-electron chi connectivity index (χ4n) is 4.04. The van der Waals surface area contributed by atoms with Crippen LogP contribution in [0.15, 0.2) is 6.07 Å². The zero-order valence-corrected chi connectivity index (χ0v) is 15.2. The van der Waals surface area contributed by atoms with Crippen LogP contribution in [0, 0.1) is 5.92 Å². The summed E-state index contributed by atoms with van der Waals surface area (Å²) in [7, 11) is 5.08. The summed E-state index contributed by atoms with van der Waals surface area (Å²) in [5.41, 5.74) is 2.61. The molecule has 1 fully saturated rings. The predicted molar refractivity (Wildman–Crippen MR) is 95.5 cm³/mol. The van der Waals surface area contributed by atoms with E-state index in [1.165, 1.54) is 43.6 Å². The van der Waals surface area contributed by atoms with E-state index in [1.54, 1.807) is 21.3 Å². The van der Waals surface area contributed by atoms with Crippen LogP contribution in [0.25, 0.3) is 0 Å². The Morgan fingerprint density at radius 3 is 2.38 bits per heavy atom. The molecule has 3 rings (SSSR count). The fourth-order valence-corrected chi connectivity index (χ4v) is 4.04. The highest BCUT2D eigenvalue weighted by Gasteiger charge is 2.25. The largest absolute Gasteiger partial charge is 0.493 e. The van der Waals surface area contributed by atoms with Gasteiger partial charge >= 0.3 is 0 Å². The van der Waals surface area contributed by atoms with Gasteiger partial charge in [-0.1, -0.05) is 0 Å². The van der Waals surface area contributed by atoms with Crippen LogP contribution in [0.5, 0.6) is 17.2 Å². The lowest BCUT2D eigenvalue weighted by molar-refractivity contribution is 0.213. The Labute approximate surface area is 145 Å². The number of nitrogens with one attached hydrogen (secondary N) is 1. The van der Waals surface area contributed by atoms with Gasteiger partial charge in [-0.25, -0.2) is 0 Å². The predicted octanol–water partition coefficient (Wildman–Crippen LogP) is 2.11. The Kier molecular flexibility index (Phi) is 5.85. The summed E-state index contributed by atoms with van der Waals surface area (Å²) in [5, 5.41) is 3.46. The Balaban J connectivity index is 1.77. The van der Waals surface area contributed by atoms with Crippen molar-refractivity contribution < 1.29 is 14.2 Å². The van der Waals surface area contributed by atoms with E-state index in [9.17, 15) is 0 Å². The molecule has 2 aliphatic heterocycles. The van der Waals surface area contributed by atoms with Crippen LogP contribution in [0.2, 0.25) is 0 Å². The fraction of sp³-hybridized carbons (Fsp3) is 0.684. The van der Waals surface area contributed by atoms with Crippen LogP contribution in [-0.2, 0) is 12.8 Å². The van der Waals surface area contributed by atoms with E-state index in [2.05, 4.69) is 16.3 Å². The lowest BCUT2D eigenvalue weighted by Crippen LogP contribution is -2.37. The molecule has 0 unspecified atom stereocenters. The molecule has 1 aromatic carbocycles. The normalized spacial score (nSPS) is 19.5. The average molecular weight is 334 g/mol. The van der Waals surface area contributed by atoms with Crippen molar-refractivity contribution in [3.63, 3.8) is 0 Å². The maximum atomic E-state index is 5.69. The third kappa shape index (κ3) is 3.62. The molecule has 2 aliphatic rings. The van der Waals surface area contributed by atoms with Crippen LogP contribution in [0.3, 0.4) is 0 Å². The summed E-state index contributed by atoms with van der Waals surface area (Å²) in [5.74, 6) is 3.15. The molecule has 0 atom stereocenters. The molecule has 0 radical (unpaired) electrons. The number of hydrogen-bond donors (Lipinski definition) is 1. The maximum Gasteiger partial charge on any atom is 0.203 e. The monoisotopic (exact) mass is 334 g/mol. The molecule has 0 amide bonds. The Bertz CT molecular complexity index is 556. The highest BCUT2D eigenvalue weighted by molar-refractivity contribution is 5.59. The summed E-state index contributed by atoms with van der Waals surface area (Å²) >= 11 is 0. The smallest absolute Gasteiger partial charge is 0.203 e. The first-order valence-electron chi connectivity index (χ1n) is 9.00. The van der Waals surface area contributed by atoms with Gasteiger partial charge in [-0.2, -0.15) is 0 Å². The minimum absolute atomic E-state index is 0.713. The summed E-state index contributed by atoms with van der Waals surface area (Å²) in [6.07, 6.45) is 4.64. The quantitative estimate of drug-likeness (QED) is 0.893. The van der Waals surface area contributed by atoms with Gasteiger partial charge in [-0.3, -0.25) is 0 Å². The van der Waals surface area contributed by atoms with Crippen molar-refractivity contribution in [1.82, 2.24) is 10.2 Å². The molecule has 24 heavy (non-hydrogen) atoms. The Hall–Kier alpha value is -1.46. The molecule has 134 valence electrons. The van der Waals surface area contributed by atoms with Crippen LogP contribution in [0.1, 0.15) is 24.0 Å². The second kappa shape index (κ2) is 8.08.